The number of hydrogen-bond acceptors (Lipinski definition) is 5. The van der Waals surface area contributed by atoms with Gasteiger partial charge in [-0.1, -0.05) is 23.7 Å². The van der Waals surface area contributed by atoms with Crippen LogP contribution in [0.5, 0.6) is 11.5 Å². The van der Waals surface area contributed by atoms with E-state index >= 15 is 0 Å². The number of anilines is 1. The molecule has 0 saturated carbocycles. The van der Waals surface area contributed by atoms with Crippen molar-refractivity contribution in [2.24, 2.45) is 0 Å². The molecule has 26 heavy (non-hydrogen) atoms. The predicted octanol–water partition coefficient (Wildman–Crippen LogP) is 4.54. The Hall–Kier alpha value is -3.23. The van der Waals surface area contributed by atoms with Crippen molar-refractivity contribution in [3.05, 3.63) is 59.1 Å². The SMILES string of the molecule is COc1ccc(OC)c(-c2cc(-c3ccc(Cl)cc3)c(C#N)c(N)n2)c1. The number of aromatic nitrogens is 1. The first-order chi connectivity index (χ1) is 12.6. The van der Waals surface area contributed by atoms with Gasteiger partial charge in [0.05, 0.1) is 19.9 Å². The van der Waals surface area contributed by atoms with Gasteiger partial charge in [-0.05, 0) is 42.0 Å². The highest BCUT2D eigenvalue weighted by Crippen LogP contribution is 2.37. The summed E-state index contributed by atoms with van der Waals surface area (Å²) in [6.07, 6.45) is 0. The molecule has 0 amide bonds. The summed E-state index contributed by atoms with van der Waals surface area (Å²) in [5.41, 5.74) is 9.19. The fourth-order valence-corrected chi connectivity index (χ4v) is 2.82. The molecule has 2 N–H and O–H groups in total. The number of nitriles is 1. The molecule has 2 aromatic carbocycles. The van der Waals surface area contributed by atoms with Gasteiger partial charge in [-0.25, -0.2) is 4.98 Å². The predicted molar refractivity (Wildman–Crippen MR) is 102 cm³/mol. The van der Waals surface area contributed by atoms with E-state index in [-0.39, 0.29) is 5.82 Å². The Bertz CT molecular complexity index is 995. The van der Waals surface area contributed by atoms with E-state index in [9.17, 15) is 5.26 Å². The molecule has 0 unspecified atom stereocenters. The highest BCUT2D eigenvalue weighted by Gasteiger charge is 2.16. The van der Waals surface area contributed by atoms with Gasteiger partial charge in [0.2, 0.25) is 0 Å². The molecule has 3 rings (SSSR count). The van der Waals surface area contributed by atoms with E-state index in [1.807, 2.05) is 24.3 Å². The van der Waals surface area contributed by atoms with Crippen molar-refractivity contribution in [3.63, 3.8) is 0 Å². The molecule has 0 fully saturated rings. The first kappa shape index (κ1) is 17.6. The van der Waals surface area contributed by atoms with Crippen LogP contribution in [0.2, 0.25) is 5.02 Å². The average molecular weight is 366 g/mol. The second-order valence-electron chi connectivity index (χ2n) is 5.50. The number of ether oxygens (including phenoxy) is 2. The Morgan fingerprint density at radius 3 is 2.35 bits per heavy atom. The molecule has 1 aromatic heterocycles. The van der Waals surface area contributed by atoms with E-state index in [0.717, 1.165) is 11.1 Å². The monoisotopic (exact) mass is 365 g/mol. The highest BCUT2D eigenvalue weighted by atomic mass is 35.5. The van der Waals surface area contributed by atoms with Crippen molar-refractivity contribution < 1.29 is 9.47 Å². The van der Waals surface area contributed by atoms with Crippen LogP contribution in [0.15, 0.2) is 48.5 Å². The zero-order chi connectivity index (χ0) is 18.7. The number of rotatable bonds is 4. The van der Waals surface area contributed by atoms with E-state index < -0.39 is 0 Å². The van der Waals surface area contributed by atoms with Crippen molar-refractivity contribution in [2.75, 3.05) is 20.0 Å². The Morgan fingerprint density at radius 1 is 1.00 bits per heavy atom. The smallest absolute Gasteiger partial charge is 0.142 e. The lowest BCUT2D eigenvalue weighted by molar-refractivity contribution is 0.404. The molecule has 0 spiro atoms. The van der Waals surface area contributed by atoms with Gasteiger partial charge >= 0.3 is 0 Å². The summed E-state index contributed by atoms with van der Waals surface area (Å²) in [4.78, 5) is 4.40. The summed E-state index contributed by atoms with van der Waals surface area (Å²) in [5, 5.41) is 10.1. The van der Waals surface area contributed by atoms with Gasteiger partial charge in [0.1, 0.15) is 28.9 Å². The van der Waals surface area contributed by atoms with E-state index in [4.69, 9.17) is 26.8 Å². The molecule has 1 heterocycles. The molecular formula is C20H16ClN3O2. The maximum absolute atomic E-state index is 9.52. The molecule has 0 aliphatic rings. The zero-order valence-corrected chi connectivity index (χ0v) is 15.0. The second kappa shape index (κ2) is 7.34. The number of pyridine rings is 1. The number of hydrogen-bond donors (Lipinski definition) is 1. The molecule has 3 aromatic rings. The van der Waals surface area contributed by atoms with E-state index in [2.05, 4.69) is 11.1 Å². The molecular weight excluding hydrogens is 350 g/mol. The molecule has 6 heteroatoms. The number of benzene rings is 2. The molecule has 0 atom stereocenters. The third-order valence-corrected chi connectivity index (χ3v) is 4.25. The summed E-state index contributed by atoms with van der Waals surface area (Å²) in [6, 6.07) is 16.6. The number of nitrogens with zero attached hydrogens (tertiary/aromatic N) is 2. The summed E-state index contributed by atoms with van der Waals surface area (Å²) in [7, 11) is 3.17. The van der Waals surface area contributed by atoms with Gasteiger partial charge in [-0.15, -0.1) is 0 Å². The van der Waals surface area contributed by atoms with Crippen LogP contribution in [-0.4, -0.2) is 19.2 Å². The molecule has 0 bridgehead atoms. The number of nitrogens with two attached hydrogens (primary N) is 1. The Morgan fingerprint density at radius 2 is 1.73 bits per heavy atom. The van der Waals surface area contributed by atoms with Gasteiger partial charge in [0.25, 0.3) is 0 Å². The molecule has 0 saturated heterocycles. The molecule has 0 aliphatic carbocycles. The highest BCUT2D eigenvalue weighted by molar-refractivity contribution is 6.30. The Labute approximate surface area is 156 Å². The second-order valence-corrected chi connectivity index (χ2v) is 5.94. The minimum Gasteiger partial charge on any atom is -0.497 e. The average Bonchev–Trinajstić information content (AvgIpc) is 2.67. The van der Waals surface area contributed by atoms with Crippen molar-refractivity contribution in [2.45, 2.75) is 0 Å². The van der Waals surface area contributed by atoms with Crippen LogP contribution < -0.4 is 15.2 Å². The Kier molecular flexibility index (Phi) is 4.97. The van der Waals surface area contributed by atoms with E-state index in [1.165, 1.54) is 0 Å². The van der Waals surface area contributed by atoms with Crippen LogP contribution in [0.4, 0.5) is 5.82 Å². The van der Waals surface area contributed by atoms with Gasteiger partial charge in [0, 0.05) is 16.1 Å². The zero-order valence-electron chi connectivity index (χ0n) is 14.3. The van der Waals surface area contributed by atoms with Crippen molar-refractivity contribution >= 4 is 17.4 Å². The van der Waals surface area contributed by atoms with Crippen LogP contribution >= 0.6 is 11.6 Å². The number of halogens is 1. The van der Waals surface area contributed by atoms with Gasteiger partial charge in [0.15, 0.2) is 0 Å². The molecule has 0 aliphatic heterocycles. The number of methoxy groups -OCH3 is 2. The third-order valence-electron chi connectivity index (χ3n) is 4.00. The molecule has 0 radical (unpaired) electrons. The Balaban J connectivity index is 2.25. The van der Waals surface area contributed by atoms with Crippen LogP contribution in [0.1, 0.15) is 5.56 Å². The van der Waals surface area contributed by atoms with Crippen molar-refractivity contribution in [1.29, 1.82) is 5.26 Å². The summed E-state index contributed by atoms with van der Waals surface area (Å²) in [6.45, 7) is 0. The minimum absolute atomic E-state index is 0.153. The van der Waals surface area contributed by atoms with Crippen LogP contribution in [0.3, 0.4) is 0 Å². The maximum atomic E-state index is 9.52. The lowest BCUT2D eigenvalue weighted by Crippen LogP contribution is -2.01. The largest absolute Gasteiger partial charge is 0.497 e. The lowest BCUT2D eigenvalue weighted by atomic mass is 9.98. The topological polar surface area (TPSA) is 81.2 Å². The van der Waals surface area contributed by atoms with Crippen molar-refractivity contribution in [1.82, 2.24) is 4.98 Å². The summed E-state index contributed by atoms with van der Waals surface area (Å²) >= 11 is 5.97. The van der Waals surface area contributed by atoms with Crippen molar-refractivity contribution in [3.8, 4) is 40.0 Å². The fourth-order valence-electron chi connectivity index (χ4n) is 2.69. The van der Waals surface area contributed by atoms with Crippen LogP contribution in [0, 0.1) is 11.3 Å². The molecule has 130 valence electrons. The van der Waals surface area contributed by atoms with Crippen LogP contribution in [-0.2, 0) is 0 Å². The normalized spacial score (nSPS) is 10.2. The van der Waals surface area contributed by atoms with Gasteiger partial charge in [-0.2, -0.15) is 5.26 Å². The van der Waals surface area contributed by atoms with Crippen LogP contribution in [0.25, 0.3) is 22.4 Å². The lowest BCUT2D eigenvalue weighted by Gasteiger charge is -2.13. The first-order valence-electron chi connectivity index (χ1n) is 7.76. The maximum Gasteiger partial charge on any atom is 0.142 e. The standard InChI is InChI=1S/C20H16ClN3O2/c1-25-14-7-8-19(26-2)16(9-14)18-10-15(17(11-22)20(23)24-18)12-3-5-13(21)6-4-12/h3-10H,1-2H3,(H2,23,24). The molecule has 5 nitrogen and oxygen atoms in total. The first-order valence-corrected chi connectivity index (χ1v) is 8.14. The summed E-state index contributed by atoms with van der Waals surface area (Å²) in [5.74, 6) is 1.45. The van der Waals surface area contributed by atoms with Gasteiger partial charge in [-0.3, -0.25) is 0 Å². The quantitative estimate of drug-likeness (QED) is 0.734. The third kappa shape index (κ3) is 3.28. The summed E-state index contributed by atoms with van der Waals surface area (Å²) < 4.78 is 10.7. The van der Waals surface area contributed by atoms with E-state index in [1.54, 1.807) is 38.5 Å². The van der Waals surface area contributed by atoms with Gasteiger partial charge < -0.3 is 15.2 Å². The number of nitrogen functional groups attached to an aromatic ring is 1. The fraction of sp³-hybridized carbons (Fsp3) is 0.100. The van der Waals surface area contributed by atoms with E-state index in [0.29, 0.717) is 33.3 Å². The minimum atomic E-state index is 0.153.